The summed E-state index contributed by atoms with van der Waals surface area (Å²) in [6.45, 7) is 10.6. The first-order chi connectivity index (χ1) is 8.73. The monoisotopic (exact) mass is 274 g/mol. The van der Waals surface area contributed by atoms with Crippen molar-refractivity contribution in [1.29, 1.82) is 0 Å². The Labute approximate surface area is 112 Å². The third kappa shape index (κ3) is 2.80. The van der Waals surface area contributed by atoms with E-state index in [0.717, 1.165) is 45.9 Å². The Balaban J connectivity index is 1.98. The smallest absolute Gasteiger partial charge is 0.318 e. The fraction of sp³-hybridized carbons (Fsp3) is 1.00. The van der Waals surface area contributed by atoms with Crippen molar-refractivity contribution in [1.82, 2.24) is 0 Å². The summed E-state index contributed by atoms with van der Waals surface area (Å²) in [6.07, 6.45) is 2.08. The number of hydrogen-bond donors (Lipinski definition) is 0. The summed E-state index contributed by atoms with van der Waals surface area (Å²) in [6, 6.07) is 0. The normalized spacial score (nSPS) is 23.5. The molecule has 2 aliphatic heterocycles. The molecule has 2 aliphatic rings. The van der Waals surface area contributed by atoms with Gasteiger partial charge in [0.25, 0.3) is 0 Å². The number of ether oxygens (including phenoxy) is 2. The Morgan fingerprint density at radius 3 is 2.00 bits per heavy atom. The van der Waals surface area contributed by atoms with Gasteiger partial charge in [-0.1, -0.05) is 13.8 Å². The average Bonchev–Trinajstić information content (AvgIpc) is 2.21. The predicted molar refractivity (Wildman–Crippen MR) is 72.0 cm³/mol. The van der Waals surface area contributed by atoms with Crippen LogP contribution >= 0.6 is 0 Å². The molecule has 0 amide bonds. The van der Waals surface area contributed by atoms with Crippen LogP contribution in [0.5, 0.6) is 0 Å². The third-order valence-electron chi connectivity index (χ3n) is 4.15. The van der Waals surface area contributed by atoms with Gasteiger partial charge in [0.15, 0.2) is 0 Å². The summed E-state index contributed by atoms with van der Waals surface area (Å²) in [4.78, 5) is 0. The van der Waals surface area contributed by atoms with E-state index in [0.29, 0.717) is 11.8 Å². The first kappa shape index (κ1) is 14.5. The molecule has 0 aromatic rings. The molecule has 1 unspecified atom stereocenters. The van der Waals surface area contributed by atoms with E-state index < -0.39 is 9.28 Å². The Hall–Kier alpha value is 0.0569. The van der Waals surface area contributed by atoms with Gasteiger partial charge in [0.1, 0.15) is 0 Å². The summed E-state index contributed by atoms with van der Waals surface area (Å²) >= 11 is 0. The van der Waals surface area contributed by atoms with E-state index in [2.05, 4.69) is 20.4 Å². The Bertz CT molecular complexity index is 239. The van der Waals surface area contributed by atoms with E-state index in [9.17, 15) is 0 Å². The lowest BCUT2D eigenvalue weighted by Crippen LogP contribution is -2.61. The quantitative estimate of drug-likeness (QED) is 0.632. The zero-order valence-corrected chi connectivity index (χ0v) is 13.0. The molecule has 0 aliphatic carbocycles. The van der Waals surface area contributed by atoms with Crippen molar-refractivity contribution < 1.29 is 18.3 Å². The molecule has 2 rings (SSSR count). The molecule has 2 heterocycles. The molecule has 0 bridgehead atoms. The second kappa shape index (κ2) is 6.48. The van der Waals surface area contributed by atoms with Crippen LogP contribution in [0, 0.1) is 11.8 Å². The van der Waals surface area contributed by atoms with E-state index >= 15 is 0 Å². The minimum Gasteiger partial charge on any atom is -0.397 e. The zero-order valence-electron chi connectivity index (χ0n) is 11.8. The van der Waals surface area contributed by atoms with Gasteiger partial charge < -0.3 is 18.3 Å². The maximum absolute atomic E-state index is 6.45. The SMILES string of the molecule is CCCO[SiH](C)OC(CC)(C1COC1)C1COC1. The summed E-state index contributed by atoms with van der Waals surface area (Å²) in [5.74, 6) is 1.05. The van der Waals surface area contributed by atoms with Crippen LogP contribution in [0.4, 0.5) is 0 Å². The van der Waals surface area contributed by atoms with Crippen molar-refractivity contribution in [2.75, 3.05) is 33.0 Å². The fourth-order valence-electron chi connectivity index (χ4n) is 2.85. The van der Waals surface area contributed by atoms with Crippen LogP contribution in [0.1, 0.15) is 26.7 Å². The highest BCUT2D eigenvalue weighted by Crippen LogP contribution is 2.42. The van der Waals surface area contributed by atoms with Crippen LogP contribution in [0.2, 0.25) is 6.55 Å². The maximum Gasteiger partial charge on any atom is 0.318 e. The van der Waals surface area contributed by atoms with Gasteiger partial charge in [0.2, 0.25) is 0 Å². The van der Waals surface area contributed by atoms with Gasteiger partial charge in [-0.25, -0.2) is 0 Å². The van der Waals surface area contributed by atoms with Crippen LogP contribution in [-0.2, 0) is 18.3 Å². The Morgan fingerprint density at radius 2 is 1.67 bits per heavy atom. The van der Waals surface area contributed by atoms with Crippen molar-refractivity contribution in [3.8, 4) is 0 Å². The summed E-state index contributed by atoms with van der Waals surface area (Å²) in [7, 11) is -1.55. The van der Waals surface area contributed by atoms with Gasteiger partial charge in [-0.2, -0.15) is 0 Å². The second-order valence-electron chi connectivity index (χ2n) is 5.33. The highest BCUT2D eigenvalue weighted by molar-refractivity contribution is 6.42. The molecule has 18 heavy (non-hydrogen) atoms. The summed E-state index contributed by atoms with van der Waals surface area (Å²) in [5.41, 5.74) is -0.0596. The molecule has 1 atom stereocenters. The molecule has 2 fully saturated rings. The molecular formula is C13H26O4Si. The highest BCUT2D eigenvalue weighted by Gasteiger charge is 2.51. The maximum atomic E-state index is 6.45. The number of hydrogen-bond acceptors (Lipinski definition) is 4. The average molecular weight is 274 g/mol. The van der Waals surface area contributed by atoms with E-state index in [1.165, 1.54) is 0 Å². The van der Waals surface area contributed by atoms with Crippen molar-refractivity contribution >= 4 is 9.28 Å². The van der Waals surface area contributed by atoms with Crippen LogP contribution in [0.15, 0.2) is 0 Å². The fourth-order valence-corrected chi connectivity index (χ4v) is 4.65. The third-order valence-corrected chi connectivity index (χ3v) is 5.63. The van der Waals surface area contributed by atoms with Crippen molar-refractivity contribution in [2.24, 2.45) is 11.8 Å². The van der Waals surface area contributed by atoms with Gasteiger partial charge in [-0.3, -0.25) is 0 Å². The topological polar surface area (TPSA) is 36.9 Å². The molecule has 0 aromatic heterocycles. The van der Waals surface area contributed by atoms with Crippen molar-refractivity contribution in [2.45, 2.75) is 38.8 Å². The summed E-state index contributed by atoms with van der Waals surface area (Å²) in [5, 5.41) is 0. The lowest BCUT2D eigenvalue weighted by atomic mass is 9.73. The Kier molecular flexibility index (Phi) is 5.21. The van der Waals surface area contributed by atoms with E-state index in [1.54, 1.807) is 0 Å². The van der Waals surface area contributed by atoms with E-state index in [4.69, 9.17) is 18.3 Å². The molecule has 0 aromatic carbocycles. The first-order valence-electron chi connectivity index (χ1n) is 7.17. The lowest BCUT2D eigenvalue weighted by Gasteiger charge is -2.52. The van der Waals surface area contributed by atoms with Gasteiger partial charge in [-0.05, 0) is 19.4 Å². The van der Waals surface area contributed by atoms with Crippen molar-refractivity contribution in [3.63, 3.8) is 0 Å². The van der Waals surface area contributed by atoms with Gasteiger partial charge in [-0.15, -0.1) is 0 Å². The lowest BCUT2D eigenvalue weighted by molar-refractivity contribution is -0.215. The molecule has 0 radical (unpaired) electrons. The molecule has 0 saturated carbocycles. The minimum absolute atomic E-state index is 0.0596. The second-order valence-corrected chi connectivity index (χ2v) is 7.04. The molecule has 4 nitrogen and oxygen atoms in total. The van der Waals surface area contributed by atoms with Gasteiger partial charge in [0.05, 0.1) is 32.0 Å². The molecule has 0 spiro atoms. The van der Waals surface area contributed by atoms with Crippen LogP contribution in [0.25, 0.3) is 0 Å². The van der Waals surface area contributed by atoms with Crippen molar-refractivity contribution in [3.05, 3.63) is 0 Å². The van der Waals surface area contributed by atoms with Gasteiger partial charge >= 0.3 is 9.28 Å². The molecule has 5 heteroatoms. The summed E-state index contributed by atoms with van der Waals surface area (Å²) < 4.78 is 23.0. The predicted octanol–water partition coefficient (Wildman–Crippen LogP) is 1.72. The van der Waals surface area contributed by atoms with E-state index in [1.807, 2.05) is 0 Å². The van der Waals surface area contributed by atoms with E-state index in [-0.39, 0.29) is 5.60 Å². The Morgan fingerprint density at radius 1 is 1.11 bits per heavy atom. The minimum atomic E-state index is -1.55. The molecule has 0 N–H and O–H groups in total. The molecule has 106 valence electrons. The van der Waals surface area contributed by atoms with Crippen LogP contribution < -0.4 is 0 Å². The van der Waals surface area contributed by atoms with Crippen LogP contribution in [-0.4, -0.2) is 47.9 Å². The zero-order chi connectivity index (χ0) is 13.0. The first-order valence-corrected chi connectivity index (χ1v) is 9.27. The molecular weight excluding hydrogens is 248 g/mol. The number of rotatable bonds is 8. The largest absolute Gasteiger partial charge is 0.397 e. The standard InChI is InChI=1S/C13H26O4Si/c1-4-6-16-18(3)17-13(5-2,11-7-14-8-11)12-9-15-10-12/h11-12,18H,4-10H2,1-3H3. The van der Waals surface area contributed by atoms with Gasteiger partial charge in [0, 0.05) is 18.4 Å². The highest BCUT2D eigenvalue weighted by atomic mass is 28.3. The molecule has 2 saturated heterocycles. The van der Waals surface area contributed by atoms with Crippen LogP contribution in [0.3, 0.4) is 0 Å².